The van der Waals surface area contributed by atoms with Gasteiger partial charge in [0.2, 0.25) is 5.91 Å². The Kier molecular flexibility index (Phi) is 6.76. The summed E-state index contributed by atoms with van der Waals surface area (Å²) in [5.74, 6) is 0.454. The Morgan fingerprint density at radius 1 is 1.45 bits per heavy atom. The maximum atomic E-state index is 11.7. The number of carbonyl (C=O) groups excluding carboxylic acids is 1. The number of hydrogen-bond donors (Lipinski definition) is 2. The van der Waals surface area contributed by atoms with Gasteiger partial charge >= 0.3 is 0 Å². The van der Waals surface area contributed by atoms with E-state index in [1.807, 2.05) is 0 Å². The summed E-state index contributed by atoms with van der Waals surface area (Å²) in [6.07, 6.45) is 0.239. The molecule has 0 heterocycles. The number of amides is 1. The Morgan fingerprint density at radius 2 is 2.10 bits per heavy atom. The molecule has 5 heteroatoms. The first kappa shape index (κ1) is 16.2. The van der Waals surface area contributed by atoms with Crippen LogP contribution in [0.2, 0.25) is 0 Å². The van der Waals surface area contributed by atoms with E-state index in [1.165, 1.54) is 0 Å². The highest BCUT2D eigenvalue weighted by atomic mass is 16.5. The molecule has 0 fully saturated rings. The fraction of sp³-hybridized carbons (Fsp3) is 0.400. The number of ether oxygens (including phenoxy) is 2. The minimum atomic E-state index is -0.767. The van der Waals surface area contributed by atoms with Crippen molar-refractivity contribution in [2.75, 3.05) is 20.3 Å². The second kappa shape index (κ2) is 8.35. The number of benzene rings is 1. The van der Waals surface area contributed by atoms with Gasteiger partial charge in [0, 0.05) is 6.54 Å². The minimum Gasteiger partial charge on any atom is -0.497 e. The Bertz CT molecular complexity index is 430. The molecule has 0 aromatic heterocycles. The fourth-order valence-electron chi connectivity index (χ4n) is 1.57. The lowest BCUT2D eigenvalue weighted by Gasteiger charge is -2.15. The van der Waals surface area contributed by atoms with Crippen LogP contribution in [0.25, 0.3) is 0 Å². The number of carbonyl (C=O) groups is 1. The van der Waals surface area contributed by atoms with E-state index in [0.717, 1.165) is 5.75 Å². The van der Waals surface area contributed by atoms with Crippen LogP contribution in [0.3, 0.4) is 0 Å². The molecule has 0 saturated heterocycles. The molecule has 0 aliphatic heterocycles. The van der Waals surface area contributed by atoms with E-state index < -0.39 is 12.2 Å². The zero-order valence-electron chi connectivity index (χ0n) is 11.8. The van der Waals surface area contributed by atoms with Gasteiger partial charge in [-0.25, -0.2) is 0 Å². The lowest BCUT2D eigenvalue weighted by molar-refractivity contribution is -0.131. The maximum Gasteiger partial charge on any atom is 0.248 e. The Morgan fingerprint density at radius 3 is 2.65 bits per heavy atom. The number of aliphatic hydroxyl groups excluding tert-OH is 1. The monoisotopic (exact) mass is 279 g/mol. The Labute approximate surface area is 119 Å². The highest BCUT2D eigenvalue weighted by Crippen LogP contribution is 2.16. The summed E-state index contributed by atoms with van der Waals surface area (Å²) in [6, 6.07) is 7.03. The molecule has 5 nitrogen and oxygen atoms in total. The standard InChI is InChI=1S/C15H21NO4/c1-4-9-20-11(2)15(18)16-10-14(17)12-5-7-13(19-3)8-6-12/h4-8,11,14,17H,1,9-10H2,2-3H3,(H,16,18). The first-order valence-electron chi connectivity index (χ1n) is 6.40. The van der Waals surface area contributed by atoms with Crippen LogP contribution in [-0.4, -0.2) is 37.4 Å². The summed E-state index contributed by atoms with van der Waals surface area (Å²) in [7, 11) is 1.58. The van der Waals surface area contributed by atoms with Gasteiger partial charge in [0.1, 0.15) is 11.9 Å². The predicted octanol–water partition coefficient (Wildman–Crippen LogP) is 1.44. The first-order valence-corrected chi connectivity index (χ1v) is 6.40. The summed E-state index contributed by atoms with van der Waals surface area (Å²) < 4.78 is 10.2. The van der Waals surface area contributed by atoms with Crippen LogP contribution in [-0.2, 0) is 9.53 Å². The van der Waals surface area contributed by atoms with Crippen molar-refractivity contribution in [1.82, 2.24) is 5.32 Å². The highest BCUT2D eigenvalue weighted by molar-refractivity contribution is 5.80. The molecule has 1 amide bonds. The lowest BCUT2D eigenvalue weighted by atomic mass is 10.1. The van der Waals surface area contributed by atoms with Crippen molar-refractivity contribution < 1.29 is 19.4 Å². The number of rotatable bonds is 8. The Hall–Kier alpha value is -1.85. The molecule has 2 atom stereocenters. The third-order valence-electron chi connectivity index (χ3n) is 2.80. The molecule has 0 saturated carbocycles. The summed E-state index contributed by atoms with van der Waals surface area (Å²) in [4.78, 5) is 11.7. The molecule has 20 heavy (non-hydrogen) atoms. The topological polar surface area (TPSA) is 67.8 Å². The van der Waals surface area contributed by atoms with Gasteiger partial charge in [-0.3, -0.25) is 4.79 Å². The van der Waals surface area contributed by atoms with Gasteiger partial charge in [-0.15, -0.1) is 6.58 Å². The van der Waals surface area contributed by atoms with Crippen molar-refractivity contribution in [1.29, 1.82) is 0 Å². The normalized spacial score (nSPS) is 13.3. The molecule has 0 spiro atoms. The zero-order valence-corrected chi connectivity index (χ0v) is 11.8. The second-order valence-electron chi connectivity index (χ2n) is 4.30. The lowest BCUT2D eigenvalue weighted by Crippen LogP contribution is -2.37. The largest absolute Gasteiger partial charge is 0.497 e. The van der Waals surface area contributed by atoms with Crippen LogP contribution in [0, 0.1) is 0 Å². The number of hydrogen-bond acceptors (Lipinski definition) is 4. The first-order chi connectivity index (χ1) is 9.58. The van der Waals surface area contributed by atoms with Crippen molar-refractivity contribution in [3.05, 3.63) is 42.5 Å². The number of nitrogens with one attached hydrogen (secondary N) is 1. The van der Waals surface area contributed by atoms with Crippen LogP contribution in [0.1, 0.15) is 18.6 Å². The average Bonchev–Trinajstić information content (AvgIpc) is 2.49. The molecule has 1 rings (SSSR count). The predicted molar refractivity (Wildman–Crippen MR) is 76.6 cm³/mol. The van der Waals surface area contributed by atoms with Crippen LogP contribution >= 0.6 is 0 Å². The molecule has 110 valence electrons. The van der Waals surface area contributed by atoms with Crippen LogP contribution in [0.15, 0.2) is 36.9 Å². The van der Waals surface area contributed by atoms with Gasteiger partial charge in [0.15, 0.2) is 0 Å². The summed E-state index contributed by atoms with van der Waals surface area (Å²) >= 11 is 0. The van der Waals surface area contributed by atoms with Gasteiger partial charge in [0.05, 0.1) is 19.8 Å². The van der Waals surface area contributed by atoms with Gasteiger partial charge in [-0.2, -0.15) is 0 Å². The molecule has 0 radical (unpaired) electrons. The molecule has 2 N–H and O–H groups in total. The van der Waals surface area contributed by atoms with Crippen LogP contribution in [0.5, 0.6) is 5.75 Å². The molecule has 1 aromatic rings. The van der Waals surface area contributed by atoms with Crippen molar-refractivity contribution in [2.45, 2.75) is 19.1 Å². The summed E-state index contributed by atoms with van der Waals surface area (Å²) in [5.41, 5.74) is 0.714. The fourth-order valence-corrected chi connectivity index (χ4v) is 1.57. The van der Waals surface area contributed by atoms with Gasteiger partial charge in [-0.05, 0) is 24.6 Å². The molecule has 0 bridgehead atoms. The molecule has 1 aromatic carbocycles. The number of methoxy groups -OCH3 is 1. The second-order valence-corrected chi connectivity index (χ2v) is 4.30. The summed E-state index contributed by atoms with van der Waals surface area (Å²) in [6.45, 7) is 5.61. The SMILES string of the molecule is C=CCOC(C)C(=O)NCC(O)c1ccc(OC)cc1. The zero-order chi connectivity index (χ0) is 15.0. The average molecular weight is 279 g/mol. The van der Waals surface area contributed by atoms with E-state index in [2.05, 4.69) is 11.9 Å². The minimum absolute atomic E-state index is 0.132. The van der Waals surface area contributed by atoms with E-state index in [1.54, 1.807) is 44.4 Å². The van der Waals surface area contributed by atoms with Crippen molar-refractivity contribution in [3.8, 4) is 5.75 Å². The van der Waals surface area contributed by atoms with E-state index >= 15 is 0 Å². The molecular weight excluding hydrogens is 258 g/mol. The molecular formula is C15H21NO4. The van der Waals surface area contributed by atoms with E-state index in [9.17, 15) is 9.90 Å². The quantitative estimate of drug-likeness (QED) is 0.707. The molecule has 0 aliphatic rings. The third-order valence-corrected chi connectivity index (χ3v) is 2.80. The van der Waals surface area contributed by atoms with E-state index in [-0.39, 0.29) is 12.5 Å². The van der Waals surface area contributed by atoms with Gasteiger partial charge in [0.25, 0.3) is 0 Å². The molecule has 2 unspecified atom stereocenters. The molecule has 0 aliphatic carbocycles. The van der Waals surface area contributed by atoms with Gasteiger partial charge < -0.3 is 19.9 Å². The van der Waals surface area contributed by atoms with E-state index in [4.69, 9.17) is 9.47 Å². The highest BCUT2D eigenvalue weighted by Gasteiger charge is 2.15. The van der Waals surface area contributed by atoms with Crippen molar-refractivity contribution >= 4 is 5.91 Å². The summed E-state index contributed by atoms with van der Waals surface area (Å²) in [5, 5.41) is 12.6. The van der Waals surface area contributed by atoms with Crippen LogP contribution < -0.4 is 10.1 Å². The third kappa shape index (κ3) is 5.03. The number of aliphatic hydroxyl groups is 1. The maximum absolute atomic E-state index is 11.7. The van der Waals surface area contributed by atoms with Crippen LogP contribution in [0.4, 0.5) is 0 Å². The van der Waals surface area contributed by atoms with Gasteiger partial charge in [-0.1, -0.05) is 18.2 Å². The smallest absolute Gasteiger partial charge is 0.248 e. The van der Waals surface area contributed by atoms with E-state index in [0.29, 0.717) is 12.2 Å². The van der Waals surface area contributed by atoms with Crippen molar-refractivity contribution in [3.63, 3.8) is 0 Å². The van der Waals surface area contributed by atoms with Crippen molar-refractivity contribution in [2.24, 2.45) is 0 Å². The Balaban J connectivity index is 2.43.